The summed E-state index contributed by atoms with van der Waals surface area (Å²) in [6.07, 6.45) is 6.96. The molecule has 13 heavy (non-hydrogen) atoms. The zero-order chi connectivity index (χ0) is 9.07. The molecule has 0 amide bonds. The van der Waals surface area contributed by atoms with E-state index in [0.717, 1.165) is 32.5 Å². The molecule has 0 rings (SSSR count). The third-order valence-electron chi connectivity index (χ3n) is 1.28. The monoisotopic (exact) mass is 179 g/mol. The van der Waals surface area contributed by atoms with Crippen molar-refractivity contribution >= 4 is 18.9 Å². The quantitative estimate of drug-likeness (QED) is 0.245. The predicted molar refractivity (Wildman–Crippen MR) is 57.9 cm³/mol. The van der Waals surface area contributed by atoms with Gasteiger partial charge in [-0.25, -0.2) is 0 Å². The molecule has 0 aromatic heterocycles. The maximum absolute atomic E-state index is 5.19. The van der Waals surface area contributed by atoms with Crippen LogP contribution >= 0.6 is 0 Å². The van der Waals surface area contributed by atoms with Crippen molar-refractivity contribution in [1.29, 1.82) is 0 Å². The standard InChI is InChI=1S/C10H19O2.Li.H/c1-3-5-6-7-9-12-10-11-8-4-2;;/h5-6H,1,3-4,7-10H2,2H3;;/b6-5-;;. The van der Waals surface area contributed by atoms with Crippen LogP contribution in [0.5, 0.6) is 0 Å². The van der Waals surface area contributed by atoms with E-state index in [9.17, 15) is 0 Å². The Balaban J connectivity index is 0. The van der Waals surface area contributed by atoms with Crippen molar-refractivity contribution in [1.82, 2.24) is 0 Å². The molecule has 0 N–H and O–H groups in total. The third-order valence-corrected chi connectivity index (χ3v) is 1.28. The molecule has 0 bridgehead atoms. The first-order chi connectivity index (χ1) is 5.91. The summed E-state index contributed by atoms with van der Waals surface area (Å²) < 4.78 is 10.3. The number of hydrogen-bond acceptors (Lipinski definition) is 2. The molecule has 0 saturated heterocycles. The van der Waals surface area contributed by atoms with Crippen LogP contribution < -0.4 is 0 Å². The number of rotatable bonds is 8. The van der Waals surface area contributed by atoms with Gasteiger partial charge in [0.05, 0.1) is 6.61 Å². The molecule has 0 aromatic rings. The van der Waals surface area contributed by atoms with Crippen LogP contribution in [-0.4, -0.2) is 38.9 Å². The van der Waals surface area contributed by atoms with E-state index in [4.69, 9.17) is 9.47 Å². The Hall–Kier alpha value is 0.257. The molecule has 0 atom stereocenters. The number of ether oxygens (including phenoxy) is 2. The van der Waals surface area contributed by atoms with E-state index in [1.165, 1.54) is 0 Å². The SMILES string of the molecule is [CH2]C/C=C\CCOCOCCC.[LiH]. The Labute approximate surface area is 93.9 Å². The molecule has 0 aromatic carbocycles. The second kappa shape index (κ2) is 14.8. The van der Waals surface area contributed by atoms with Crippen LogP contribution in [0.3, 0.4) is 0 Å². The van der Waals surface area contributed by atoms with Crippen LogP contribution in [0.1, 0.15) is 26.2 Å². The Kier molecular flexibility index (Phi) is 17.8. The van der Waals surface area contributed by atoms with E-state index in [2.05, 4.69) is 19.9 Å². The van der Waals surface area contributed by atoms with E-state index in [-0.39, 0.29) is 18.9 Å². The fourth-order valence-corrected chi connectivity index (χ4v) is 0.708. The minimum absolute atomic E-state index is 0. The molecule has 3 heteroatoms. The van der Waals surface area contributed by atoms with Gasteiger partial charge in [0.25, 0.3) is 0 Å². The normalized spacial score (nSPS) is 10.3. The molecular weight excluding hydrogens is 159 g/mol. The molecule has 2 nitrogen and oxygen atoms in total. The van der Waals surface area contributed by atoms with Crippen molar-refractivity contribution in [3.63, 3.8) is 0 Å². The van der Waals surface area contributed by atoms with Crippen LogP contribution in [0.15, 0.2) is 12.2 Å². The second-order valence-electron chi connectivity index (χ2n) is 2.48. The Morgan fingerprint density at radius 1 is 1.15 bits per heavy atom. The van der Waals surface area contributed by atoms with E-state index in [1.807, 2.05) is 6.08 Å². The van der Waals surface area contributed by atoms with Gasteiger partial charge < -0.3 is 9.47 Å². The first-order valence-corrected chi connectivity index (χ1v) is 4.51. The molecule has 0 aliphatic carbocycles. The van der Waals surface area contributed by atoms with Gasteiger partial charge in [-0.2, -0.15) is 0 Å². The molecule has 0 aliphatic rings. The zero-order valence-electron chi connectivity index (χ0n) is 7.92. The number of allylic oxidation sites excluding steroid dienone is 1. The van der Waals surface area contributed by atoms with Gasteiger partial charge in [0, 0.05) is 6.61 Å². The van der Waals surface area contributed by atoms with Gasteiger partial charge in [-0.3, -0.25) is 0 Å². The van der Waals surface area contributed by atoms with Crippen LogP contribution in [-0.2, 0) is 9.47 Å². The number of hydrogen-bond donors (Lipinski definition) is 0. The average Bonchev–Trinajstić information content (AvgIpc) is 2.10. The summed E-state index contributed by atoms with van der Waals surface area (Å²) in [6, 6.07) is 0. The van der Waals surface area contributed by atoms with Crippen LogP contribution in [0, 0.1) is 6.92 Å². The molecule has 0 heterocycles. The summed E-state index contributed by atoms with van der Waals surface area (Å²) in [5, 5.41) is 0. The van der Waals surface area contributed by atoms with Crippen molar-refractivity contribution in [3.8, 4) is 0 Å². The molecule has 0 aliphatic heterocycles. The average molecular weight is 179 g/mol. The Bertz CT molecular complexity index is 105. The predicted octanol–water partition coefficient (Wildman–Crippen LogP) is 1.91. The minimum atomic E-state index is 0. The molecule has 0 fully saturated rings. The molecular formula is C10H20LiO2. The fourth-order valence-electron chi connectivity index (χ4n) is 0.708. The summed E-state index contributed by atoms with van der Waals surface area (Å²) >= 11 is 0. The van der Waals surface area contributed by atoms with Gasteiger partial charge in [-0.1, -0.05) is 19.1 Å². The zero-order valence-corrected chi connectivity index (χ0v) is 7.92. The summed E-state index contributed by atoms with van der Waals surface area (Å²) in [7, 11) is 0. The molecule has 73 valence electrons. The maximum atomic E-state index is 5.19. The first kappa shape index (κ1) is 15.7. The second-order valence-corrected chi connectivity index (χ2v) is 2.48. The van der Waals surface area contributed by atoms with Gasteiger partial charge in [-0.05, 0) is 26.2 Å². The van der Waals surface area contributed by atoms with Crippen molar-refractivity contribution in [2.75, 3.05) is 20.0 Å². The van der Waals surface area contributed by atoms with Gasteiger partial charge in [0.15, 0.2) is 0 Å². The van der Waals surface area contributed by atoms with Crippen molar-refractivity contribution < 1.29 is 9.47 Å². The van der Waals surface area contributed by atoms with E-state index in [0.29, 0.717) is 6.79 Å². The van der Waals surface area contributed by atoms with E-state index < -0.39 is 0 Å². The Morgan fingerprint density at radius 2 is 1.85 bits per heavy atom. The van der Waals surface area contributed by atoms with E-state index in [1.54, 1.807) is 0 Å². The molecule has 0 saturated carbocycles. The summed E-state index contributed by atoms with van der Waals surface area (Å²) in [6.45, 7) is 7.72. The van der Waals surface area contributed by atoms with Crippen LogP contribution in [0.2, 0.25) is 0 Å². The van der Waals surface area contributed by atoms with Gasteiger partial charge in [0.1, 0.15) is 6.79 Å². The van der Waals surface area contributed by atoms with Gasteiger partial charge in [0.2, 0.25) is 0 Å². The summed E-state index contributed by atoms with van der Waals surface area (Å²) in [5.41, 5.74) is 0. The van der Waals surface area contributed by atoms with Crippen molar-refractivity contribution in [3.05, 3.63) is 19.1 Å². The summed E-state index contributed by atoms with van der Waals surface area (Å²) in [4.78, 5) is 0. The Morgan fingerprint density at radius 3 is 2.46 bits per heavy atom. The molecule has 1 radical (unpaired) electrons. The summed E-state index contributed by atoms with van der Waals surface area (Å²) in [5.74, 6) is 0. The van der Waals surface area contributed by atoms with E-state index >= 15 is 0 Å². The third kappa shape index (κ3) is 15.0. The molecule has 0 unspecified atom stereocenters. The van der Waals surface area contributed by atoms with Crippen molar-refractivity contribution in [2.45, 2.75) is 26.2 Å². The topological polar surface area (TPSA) is 18.5 Å². The van der Waals surface area contributed by atoms with Crippen LogP contribution in [0.4, 0.5) is 0 Å². The van der Waals surface area contributed by atoms with Crippen LogP contribution in [0.25, 0.3) is 0 Å². The first-order valence-electron chi connectivity index (χ1n) is 4.51. The van der Waals surface area contributed by atoms with Crippen molar-refractivity contribution in [2.24, 2.45) is 0 Å². The molecule has 0 spiro atoms. The van der Waals surface area contributed by atoms with Gasteiger partial charge in [-0.15, -0.1) is 0 Å². The van der Waals surface area contributed by atoms with Gasteiger partial charge >= 0.3 is 18.9 Å². The fraction of sp³-hybridized carbons (Fsp3) is 0.700.